The van der Waals surface area contributed by atoms with E-state index in [9.17, 15) is 9.90 Å². The van der Waals surface area contributed by atoms with Gasteiger partial charge >= 0.3 is 5.97 Å². The Balaban J connectivity index is 2.17. The first-order valence-electron chi connectivity index (χ1n) is 5.38. The Morgan fingerprint density at radius 2 is 1.88 bits per heavy atom. The Kier molecular flexibility index (Phi) is 3.69. The lowest BCUT2D eigenvalue weighted by molar-refractivity contribution is -0.163. The third kappa shape index (κ3) is 2.79. The summed E-state index contributed by atoms with van der Waals surface area (Å²) in [5, 5.41) is 9.31. The van der Waals surface area contributed by atoms with Crippen molar-refractivity contribution in [3.05, 3.63) is 28.7 Å². The molecule has 4 nitrogen and oxygen atoms in total. The van der Waals surface area contributed by atoms with E-state index in [2.05, 4.69) is 15.9 Å². The summed E-state index contributed by atoms with van der Waals surface area (Å²) < 4.78 is 11.8. The zero-order chi connectivity index (χ0) is 12.3. The van der Waals surface area contributed by atoms with Gasteiger partial charge in [0.05, 0.1) is 13.2 Å². The molecule has 1 aliphatic heterocycles. The molecule has 5 heteroatoms. The summed E-state index contributed by atoms with van der Waals surface area (Å²) in [6.45, 7) is 0.839. The zero-order valence-corrected chi connectivity index (χ0v) is 10.8. The molecule has 0 amide bonds. The molecule has 0 aliphatic carbocycles. The predicted molar refractivity (Wildman–Crippen MR) is 65.2 cm³/mol. The second kappa shape index (κ2) is 5.06. The first-order chi connectivity index (χ1) is 8.12. The van der Waals surface area contributed by atoms with Crippen LogP contribution in [0.25, 0.3) is 0 Å². The lowest BCUT2D eigenvalue weighted by Crippen LogP contribution is -2.49. The fourth-order valence-electron chi connectivity index (χ4n) is 1.79. The molecule has 92 valence electrons. The van der Waals surface area contributed by atoms with Crippen molar-refractivity contribution < 1.29 is 19.4 Å². The van der Waals surface area contributed by atoms with Crippen LogP contribution in [0.3, 0.4) is 0 Å². The minimum atomic E-state index is -1.15. The highest BCUT2D eigenvalue weighted by Gasteiger charge is 2.42. The van der Waals surface area contributed by atoms with E-state index in [1.165, 1.54) is 0 Å². The van der Waals surface area contributed by atoms with E-state index in [1.807, 2.05) is 12.1 Å². The van der Waals surface area contributed by atoms with Gasteiger partial charge in [-0.05, 0) is 24.3 Å². The average Bonchev–Trinajstić information content (AvgIpc) is 2.33. The number of hydrogen-bond acceptors (Lipinski definition) is 3. The summed E-state index contributed by atoms with van der Waals surface area (Å²) in [5.74, 6) is -0.360. The predicted octanol–water partition coefficient (Wildman–Crippen LogP) is 2.46. The molecule has 0 spiro atoms. The van der Waals surface area contributed by atoms with E-state index in [0.29, 0.717) is 31.8 Å². The topological polar surface area (TPSA) is 55.8 Å². The van der Waals surface area contributed by atoms with Crippen molar-refractivity contribution in [2.24, 2.45) is 0 Å². The molecular formula is C12H13BrO4. The maximum atomic E-state index is 11.4. The third-order valence-corrected chi connectivity index (χ3v) is 3.35. The molecule has 0 atom stereocenters. The monoisotopic (exact) mass is 300 g/mol. The molecule has 0 saturated carbocycles. The zero-order valence-electron chi connectivity index (χ0n) is 9.19. The second-order valence-corrected chi connectivity index (χ2v) is 4.88. The first kappa shape index (κ1) is 12.4. The van der Waals surface area contributed by atoms with E-state index in [1.54, 1.807) is 12.1 Å². The Morgan fingerprint density at radius 1 is 1.29 bits per heavy atom. The van der Waals surface area contributed by atoms with E-state index < -0.39 is 11.6 Å². The van der Waals surface area contributed by atoms with Crippen LogP contribution in [0.5, 0.6) is 5.75 Å². The summed E-state index contributed by atoms with van der Waals surface area (Å²) in [7, 11) is 0. The van der Waals surface area contributed by atoms with Gasteiger partial charge < -0.3 is 14.6 Å². The van der Waals surface area contributed by atoms with Crippen LogP contribution < -0.4 is 4.74 Å². The molecule has 1 aliphatic rings. The summed E-state index contributed by atoms with van der Waals surface area (Å²) in [6.07, 6.45) is 0.747. The van der Waals surface area contributed by atoms with Gasteiger partial charge in [-0.2, -0.15) is 0 Å². The van der Waals surface area contributed by atoms with E-state index in [0.717, 1.165) is 4.47 Å². The Hall–Kier alpha value is -1.07. The maximum absolute atomic E-state index is 11.4. The van der Waals surface area contributed by atoms with Gasteiger partial charge in [-0.1, -0.05) is 15.9 Å². The van der Waals surface area contributed by atoms with Crippen LogP contribution in [-0.4, -0.2) is 29.9 Å². The smallest absolute Gasteiger partial charge is 0.348 e. The van der Waals surface area contributed by atoms with Gasteiger partial charge in [0.2, 0.25) is 5.60 Å². The molecule has 1 aromatic rings. The quantitative estimate of drug-likeness (QED) is 0.932. The number of halogens is 1. The molecule has 2 rings (SSSR count). The standard InChI is InChI=1S/C12H13BrO4/c13-9-1-3-10(4-2-9)17-12(11(14)15)5-7-16-8-6-12/h1-4H,5-8H2,(H,14,15). The minimum absolute atomic E-state index is 0.373. The van der Waals surface area contributed by atoms with Crippen LogP contribution in [0.1, 0.15) is 12.8 Å². The molecule has 1 N–H and O–H groups in total. The van der Waals surface area contributed by atoms with Gasteiger partial charge in [0.1, 0.15) is 5.75 Å². The summed E-state index contributed by atoms with van der Waals surface area (Å²) >= 11 is 3.32. The number of rotatable bonds is 3. The molecular weight excluding hydrogens is 288 g/mol. The Labute approximate surface area is 108 Å². The first-order valence-corrected chi connectivity index (χ1v) is 6.17. The van der Waals surface area contributed by atoms with E-state index in [-0.39, 0.29) is 0 Å². The number of benzene rings is 1. The molecule has 0 aromatic heterocycles. The molecule has 0 bridgehead atoms. The van der Waals surface area contributed by atoms with Crippen molar-refractivity contribution in [3.63, 3.8) is 0 Å². The van der Waals surface area contributed by atoms with Crippen molar-refractivity contribution in [2.75, 3.05) is 13.2 Å². The van der Waals surface area contributed by atoms with Crippen LogP contribution in [-0.2, 0) is 9.53 Å². The third-order valence-electron chi connectivity index (χ3n) is 2.82. The van der Waals surface area contributed by atoms with Crippen molar-refractivity contribution >= 4 is 21.9 Å². The molecule has 1 aromatic carbocycles. The highest BCUT2D eigenvalue weighted by molar-refractivity contribution is 9.10. The second-order valence-electron chi connectivity index (χ2n) is 3.97. The lowest BCUT2D eigenvalue weighted by Gasteiger charge is -2.33. The molecule has 0 unspecified atom stereocenters. The van der Waals surface area contributed by atoms with Crippen molar-refractivity contribution in [1.82, 2.24) is 0 Å². The summed E-state index contributed by atoms with van der Waals surface area (Å²) in [4.78, 5) is 11.4. The van der Waals surface area contributed by atoms with Gasteiger partial charge in [-0.25, -0.2) is 4.79 Å². The number of aliphatic carboxylic acids is 1. The number of hydrogen-bond donors (Lipinski definition) is 1. The number of carboxylic acid groups (broad SMARTS) is 1. The summed E-state index contributed by atoms with van der Waals surface area (Å²) in [5.41, 5.74) is -1.15. The number of carboxylic acids is 1. The van der Waals surface area contributed by atoms with Crippen molar-refractivity contribution in [2.45, 2.75) is 18.4 Å². The SMILES string of the molecule is O=C(O)C1(Oc2ccc(Br)cc2)CCOCC1. The molecule has 1 saturated heterocycles. The summed E-state index contributed by atoms with van der Waals surface area (Å²) in [6, 6.07) is 7.16. The molecule has 1 fully saturated rings. The fourth-order valence-corrected chi connectivity index (χ4v) is 2.05. The fraction of sp³-hybridized carbons (Fsp3) is 0.417. The van der Waals surface area contributed by atoms with Gasteiger partial charge in [0, 0.05) is 17.3 Å². The van der Waals surface area contributed by atoms with Gasteiger partial charge in [0.15, 0.2) is 0 Å². The highest BCUT2D eigenvalue weighted by atomic mass is 79.9. The Morgan fingerprint density at radius 3 is 2.41 bits per heavy atom. The highest BCUT2D eigenvalue weighted by Crippen LogP contribution is 2.29. The van der Waals surface area contributed by atoms with Crippen LogP contribution in [0.15, 0.2) is 28.7 Å². The van der Waals surface area contributed by atoms with Crippen molar-refractivity contribution in [3.8, 4) is 5.75 Å². The van der Waals surface area contributed by atoms with Crippen LogP contribution >= 0.6 is 15.9 Å². The Bertz CT molecular complexity index is 395. The van der Waals surface area contributed by atoms with Gasteiger partial charge in [0.25, 0.3) is 0 Å². The van der Waals surface area contributed by atoms with E-state index >= 15 is 0 Å². The minimum Gasteiger partial charge on any atom is -0.478 e. The van der Waals surface area contributed by atoms with Crippen LogP contribution in [0, 0.1) is 0 Å². The molecule has 1 heterocycles. The number of ether oxygens (including phenoxy) is 2. The van der Waals surface area contributed by atoms with Crippen LogP contribution in [0.2, 0.25) is 0 Å². The molecule has 0 radical (unpaired) electrons. The van der Waals surface area contributed by atoms with Crippen molar-refractivity contribution in [1.29, 1.82) is 0 Å². The van der Waals surface area contributed by atoms with Crippen LogP contribution in [0.4, 0.5) is 0 Å². The molecule has 17 heavy (non-hydrogen) atoms. The normalized spacial score (nSPS) is 18.6. The lowest BCUT2D eigenvalue weighted by atomic mass is 9.94. The van der Waals surface area contributed by atoms with E-state index in [4.69, 9.17) is 9.47 Å². The van der Waals surface area contributed by atoms with Gasteiger partial charge in [-0.3, -0.25) is 0 Å². The average molecular weight is 301 g/mol. The largest absolute Gasteiger partial charge is 0.478 e. The van der Waals surface area contributed by atoms with Gasteiger partial charge in [-0.15, -0.1) is 0 Å². The maximum Gasteiger partial charge on any atom is 0.348 e. The number of carbonyl (C=O) groups is 1.